The third kappa shape index (κ3) is 4.58. The number of morpholine rings is 1. The molecule has 1 amide bonds. The second-order valence-electron chi connectivity index (χ2n) is 7.59. The maximum atomic E-state index is 12.4. The largest absolute Gasteiger partial charge is 0.364 e. The Hall–Kier alpha value is -2.28. The Labute approximate surface area is 169 Å². The Morgan fingerprint density at radius 3 is 2.75 bits per heavy atom. The maximum absolute atomic E-state index is 12.4. The number of aromatic nitrogens is 1. The Kier molecular flexibility index (Phi) is 5.71. The summed E-state index contributed by atoms with van der Waals surface area (Å²) in [5.74, 6) is 0.0161. The quantitative estimate of drug-likeness (QED) is 0.697. The minimum atomic E-state index is 0.0161. The number of thiazole rings is 1. The number of anilines is 1. The number of carbonyl (C=O) groups is 1. The van der Waals surface area contributed by atoms with Crippen LogP contribution in [0.2, 0.25) is 0 Å². The predicted octanol–water partition coefficient (Wildman–Crippen LogP) is 2.52. The number of carbonyl (C=O) groups excluding carboxylic acids is 1. The molecule has 146 valence electrons. The van der Waals surface area contributed by atoms with Gasteiger partial charge >= 0.3 is 0 Å². The van der Waals surface area contributed by atoms with Gasteiger partial charge in [0.1, 0.15) is 25.3 Å². The van der Waals surface area contributed by atoms with Crippen molar-refractivity contribution in [2.45, 2.75) is 32.5 Å². The van der Waals surface area contributed by atoms with E-state index in [4.69, 9.17) is 4.74 Å². The van der Waals surface area contributed by atoms with E-state index in [9.17, 15) is 4.79 Å². The second kappa shape index (κ2) is 8.39. The van der Waals surface area contributed by atoms with E-state index in [0.29, 0.717) is 11.7 Å². The minimum absolute atomic E-state index is 0.0161. The molecule has 2 N–H and O–H groups in total. The first-order chi connectivity index (χ1) is 13.6. The van der Waals surface area contributed by atoms with E-state index in [1.165, 1.54) is 21.2 Å². The van der Waals surface area contributed by atoms with Crippen LogP contribution in [0.1, 0.15) is 24.3 Å². The highest BCUT2D eigenvalue weighted by molar-refractivity contribution is 7.15. The average Bonchev–Trinajstić information content (AvgIpc) is 3.08. The molecule has 2 atom stereocenters. The fraction of sp³-hybridized carbons (Fsp3) is 0.364. The molecule has 2 unspecified atom stereocenters. The first-order valence-electron chi connectivity index (χ1n) is 9.77. The van der Waals surface area contributed by atoms with Crippen LogP contribution in [0.15, 0.2) is 48.7 Å². The number of nitrogens with zero attached hydrogens (tertiary/aromatic N) is 1. The van der Waals surface area contributed by atoms with Gasteiger partial charge in [-0.3, -0.25) is 10.1 Å². The van der Waals surface area contributed by atoms with Crippen molar-refractivity contribution in [3.8, 4) is 0 Å². The highest BCUT2D eigenvalue weighted by atomic mass is 32.1. The number of nitrogens with one attached hydrogen (secondary N) is 2. The van der Waals surface area contributed by atoms with Crippen LogP contribution >= 0.6 is 11.3 Å². The van der Waals surface area contributed by atoms with Gasteiger partial charge in [-0.15, -0.1) is 11.3 Å². The molecular weight excluding hydrogens is 370 g/mol. The number of ether oxygens (including phenoxy) is 1. The first kappa shape index (κ1) is 19.1. The highest BCUT2D eigenvalue weighted by Gasteiger charge is 2.27. The zero-order valence-electron chi connectivity index (χ0n) is 16.3. The molecular formula is C22H26N3O2S+. The van der Waals surface area contributed by atoms with Gasteiger partial charge in [0, 0.05) is 17.5 Å². The van der Waals surface area contributed by atoms with Gasteiger partial charge in [-0.2, -0.15) is 0 Å². The van der Waals surface area contributed by atoms with Crippen molar-refractivity contribution >= 4 is 33.1 Å². The molecule has 1 fully saturated rings. The lowest BCUT2D eigenvalue weighted by Crippen LogP contribution is -3.16. The summed E-state index contributed by atoms with van der Waals surface area (Å²) in [6.45, 7) is 6.31. The molecule has 6 heteroatoms. The van der Waals surface area contributed by atoms with E-state index in [1.54, 1.807) is 11.3 Å². The SMILES string of the molecule is CC1C[NH+](CC(=O)Nc2ncc(Cc3cccc4ccccc34)s2)CC(C)O1. The zero-order chi connectivity index (χ0) is 19.5. The van der Waals surface area contributed by atoms with E-state index in [2.05, 4.69) is 66.6 Å². The van der Waals surface area contributed by atoms with Crippen molar-refractivity contribution in [2.24, 2.45) is 0 Å². The lowest BCUT2D eigenvalue weighted by Gasteiger charge is -2.31. The fourth-order valence-corrected chi connectivity index (χ4v) is 4.86. The first-order valence-corrected chi connectivity index (χ1v) is 10.6. The number of amides is 1. The van der Waals surface area contributed by atoms with Crippen molar-refractivity contribution in [1.29, 1.82) is 0 Å². The van der Waals surface area contributed by atoms with Crippen molar-refractivity contribution in [2.75, 3.05) is 25.0 Å². The van der Waals surface area contributed by atoms with Crippen LogP contribution in [-0.2, 0) is 16.0 Å². The molecule has 4 rings (SSSR count). The third-order valence-electron chi connectivity index (χ3n) is 5.07. The zero-order valence-corrected chi connectivity index (χ0v) is 17.1. The van der Waals surface area contributed by atoms with Crippen molar-refractivity contribution in [1.82, 2.24) is 4.98 Å². The van der Waals surface area contributed by atoms with Crippen molar-refractivity contribution in [3.05, 3.63) is 59.1 Å². The van der Waals surface area contributed by atoms with Crippen LogP contribution in [0, 0.1) is 0 Å². The van der Waals surface area contributed by atoms with E-state index in [0.717, 1.165) is 24.4 Å². The monoisotopic (exact) mass is 396 g/mol. The number of fused-ring (bicyclic) bond motifs is 1. The second-order valence-corrected chi connectivity index (χ2v) is 8.70. The molecule has 3 aromatic rings. The van der Waals surface area contributed by atoms with Gasteiger partial charge in [-0.25, -0.2) is 4.98 Å². The molecule has 1 saturated heterocycles. The molecule has 2 heterocycles. The summed E-state index contributed by atoms with van der Waals surface area (Å²) in [7, 11) is 0. The molecule has 1 aliphatic rings. The summed E-state index contributed by atoms with van der Waals surface area (Å²) < 4.78 is 5.74. The molecule has 0 bridgehead atoms. The van der Waals surface area contributed by atoms with E-state index in [-0.39, 0.29) is 18.1 Å². The smallest absolute Gasteiger partial charge is 0.281 e. The summed E-state index contributed by atoms with van der Waals surface area (Å²) in [6, 6.07) is 14.8. The van der Waals surface area contributed by atoms with Crippen molar-refractivity contribution < 1.29 is 14.4 Å². The van der Waals surface area contributed by atoms with Crippen LogP contribution in [0.5, 0.6) is 0 Å². The van der Waals surface area contributed by atoms with Gasteiger partial charge < -0.3 is 9.64 Å². The van der Waals surface area contributed by atoms with Crippen LogP contribution in [0.3, 0.4) is 0 Å². The van der Waals surface area contributed by atoms with E-state index in [1.807, 2.05) is 6.20 Å². The van der Waals surface area contributed by atoms with E-state index < -0.39 is 0 Å². The Morgan fingerprint density at radius 1 is 1.18 bits per heavy atom. The fourth-order valence-electron chi connectivity index (χ4n) is 4.01. The molecule has 2 aromatic carbocycles. The van der Waals surface area contributed by atoms with Gasteiger partial charge in [0.25, 0.3) is 5.91 Å². The molecule has 0 radical (unpaired) electrons. The van der Waals surface area contributed by atoms with Gasteiger partial charge in [-0.1, -0.05) is 42.5 Å². The molecule has 0 aliphatic carbocycles. The summed E-state index contributed by atoms with van der Waals surface area (Å²) in [5, 5.41) is 6.16. The van der Waals surface area contributed by atoms with Crippen LogP contribution in [-0.4, -0.2) is 42.7 Å². The number of hydrogen-bond donors (Lipinski definition) is 2. The lowest BCUT2D eigenvalue weighted by atomic mass is 10.0. The molecule has 0 saturated carbocycles. The number of benzene rings is 2. The van der Waals surface area contributed by atoms with Gasteiger partial charge in [0.2, 0.25) is 0 Å². The Morgan fingerprint density at radius 2 is 1.93 bits per heavy atom. The summed E-state index contributed by atoms with van der Waals surface area (Å²) in [5.41, 5.74) is 1.28. The Balaban J connectivity index is 1.38. The number of rotatable bonds is 5. The standard InChI is InChI=1S/C22H25N3O2S/c1-15-12-25(13-16(2)27-15)14-21(26)24-22-23-11-19(28-22)10-18-8-5-7-17-6-3-4-9-20(17)18/h3-9,11,15-16H,10,12-14H2,1-2H3,(H,23,24,26)/p+1. The molecule has 1 aliphatic heterocycles. The maximum Gasteiger partial charge on any atom is 0.281 e. The summed E-state index contributed by atoms with van der Waals surface area (Å²) in [6.07, 6.45) is 3.07. The van der Waals surface area contributed by atoms with Gasteiger partial charge in [0.15, 0.2) is 11.7 Å². The van der Waals surface area contributed by atoms with Crippen LogP contribution in [0.4, 0.5) is 5.13 Å². The summed E-state index contributed by atoms with van der Waals surface area (Å²) >= 11 is 1.55. The molecule has 5 nitrogen and oxygen atoms in total. The summed E-state index contributed by atoms with van der Waals surface area (Å²) in [4.78, 5) is 19.2. The number of hydrogen-bond acceptors (Lipinski definition) is 4. The molecule has 0 spiro atoms. The van der Waals surface area contributed by atoms with E-state index >= 15 is 0 Å². The normalized spacial score (nSPS) is 22.3. The van der Waals surface area contributed by atoms with Gasteiger partial charge in [0.05, 0.1) is 0 Å². The Bertz CT molecular complexity index is 956. The topological polar surface area (TPSA) is 55.7 Å². The average molecular weight is 397 g/mol. The predicted molar refractivity (Wildman–Crippen MR) is 113 cm³/mol. The van der Waals surface area contributed by atoms with Crippen molar-refractivity contribution in [3.63, 3.8) is 0 Å². The van der Waals surface area contributed by atoms with Crippen LogP contribution < -0.4 is 10.2 Å². The highest BCUT2D eigenvalue weighted by Crippen LogP contribution is 2.25. The lowest BCUT2D eigenvalue weighted by molar-refractivity contribution is -0.907. The minimum Gasteiger partial charge on any atom is -0.364 e. The van der Waals surface area contributed by atoms with Gasteiger partial charge in [-0.05, 0) is 30.2 Å². The number of quaternary nitrogens is 1. The molecule has 1 aromatic heterocycles. The third-order valence-corrected chi connectivity index (χ3v) is 5.98. The van der Waals surface area contributed by atoms with Crippen LogP contribution in [0.25, 0.3) is 10.8 Å². The molecule has 28 heavy (non-hydrogen) atoms.